The summed E-state index contributed by atoms with van der Waals surface area (Å²) in [5, 5.41) is 10.9. The van der Waals surface area contributed by atoms with Crippen LogP contribution in [0.25, 0.3) is 10.9 Å². The van der Waals surface area contributed by atoms with Crippen LogP contribution < -0.4 is 21.7 Å². The Kier molecular flexibility index (Phi) is 19.2. The first-order chi connectivity index (χ1) is 23.8. The molecule has 2 atom stereocenters. The van der Waals surface area contributed by atoms with Crippen LogP contribution in [0.5, 0.6) is 0 Å². The van der Waals surface area contributed by atoms with E-state index in [2.05, 4.69) is 30.8 Å². The lowest BCUT2D eigenvalue weighted by atomic mass is 10.0. The molecule has 12 heteroatoms. The molecule has 1 saturated heterocycles. The summed E-state index contributed by atoms with van der Waals surface area (Å²) in [4.78, 5) is 60.0. The number of aromatic amines is 1. The summed E-state index contributed by atoms with van der Waals surface area (Å²) in [6.45, 7) is 12.2. The highest BCUT2D eigenvalue weighted by Crippen LogP contribution is 2.20. The van der Waals surface area contributed by atoms with Crippen LogP contribution in [0.1, 0.15) is 74.8 Å². The number of carbonyl (C=O) groups is 4. The van der Waals surface area contributed by atoms with Crippen molar-refractivity contribution in [2.24, 2.45) is 5.73 Å². The van der Waals surface area contributed by atoms with Gasteiger partial charge >= 0.3 is 0 Å². The highest BCUT2D eigenvalue weighted by Gasteiger charge is 2.26. The number of H-pyrrole nitrogens is 1. The largest absolute Gasteiger partial charge is 0.361 e. The standard InChI is InChI=1S/C27H27N5O4S.C6H14N2.2C2H6/c1-17(33)31-23(13-18-7-3-2-4-8-18)26(36)30-16-24(34)32-22(25(35)27-28-11-12-37-27)14-19-15-29-21-10-6-5-9-20(19)21;7-6-8-4-2-1-3-5-8;2*1-2/h2-12,15,22-23,29H,13-14,16H2,1H3,(H,30,36)(H,31,33)(H,32,34);1-7H2;2*1-2H3. The monoisotopic (exact) mass is 691 g/mol. The molecule has 2 unspecified atom stereocenters. The molecule has 2 aromatic heterocycles. The molecule has 0 bridgehead atoms. The SMILES string of the molecule is CC.CC.CC(=O)NC(Cc1ccccc1)C(=O)NCC(=O)NC(Cc1c[nH]c2ccccc12)C(=O)c1nccs1.NCN1CCCCC1. The molecule has 0 radical (unpaired) electrons. The van der Waals surface area contributed by atoms with E-state index in [1.165, 1.54) is 56.8 Å². The van der Waals surface area contributed by atoms with Gasteiger partial charge in [-0.25, -0.2) is 4.98 Å². The normalized spacial score (nSPS) is 13.5. The van der Waals surface area contributed by atoms with Crippen molar-refractivity contribution in [1.82, 2.24) is 30.8 Å². The number of piperidine rings is 1. The van der Waals surface area contributed by atoms with Crippen molar-refractivity contribution in [3.8, 4) is 0 Å². The molecule has 1 aliphatic rings. The van der Waals surface area contributed by atoms with E-state index in [0.29, 0.717) is 5.01 Å². The summed E-state index contributed by atoms with van der Waals surface area (Å²) in [7, 11) is 0. The number of likely N-dealkylation sites (tertiary alicyclic amines) is 1. The van der Waals surface area contributed by atoms with E-state index in [1.54, 1.807) is 5.38 Å². The van der Waals surface area contributed by atoms with Gasteiger partial charge in [0.25, 0.3) is 0 Å². The first kappa shape index (κ1) is 40.8. The number of nitrogens with two attached hydrogens (primary N) is 1. The number of ketones is 1. The van der Waals surface area contributed by atoms with Crippen molar-refractivity contribution in [1.29, 1.82) is 0 Å². The Hall–Kier alpha value is -4.39. The highest BCUT2D eigenvalue weighted by molar-refractivity contribution is 7.11. The fourth-order valence-electron chi connectivity index (χ4n) is 5.21. The molecule has 4 aromatic rings. The fourth-order valence-corrected chi connectivity index (χ4v) is 5.84. The number of thiazole rings is 1. The van der Waals surface area contributed by atoms with Crippen LogP contribution >= 0.6 is 11.3 Å². The second-order valence-electron chi connectivity index (χ2n) is 10.9. The summed E-state index contributed by atoms with van der Waals surface area (Å²) in [5.74, 6) is -1.67. The smallest absolute Gasteiger partial charge is 0.243 e. The molecular formula is C37H53N7O4S. The summed E-state index contributed by atoms with van der Waals surface area (Å²) < 4.78 is 0. The number of hydrogen-bond acceptors (Lipinski definition) is 8. The molecule has 3 heterocycles. The Labute approximate surface area is 294 Å². The lowest BCUT2D eigenvalue weighted by Gasteiger charge is -2.23. The minimum Gasteiger partial charge on any atom is -0.361 e. The van der Waals surface area contributed by atoms with Gasteiger partial charge in [-0.2, -0.15) is 0 Å². The van der Waals surface area contributed by atoms with Crippen LogP contribution in [0.15, 0.2) is 72.4 Å². The maximum absolute atomic E-state index is 13.2. The summed E-state index contributed by atoms with van der Waals surface area (Å²) in [5.41, 5.74) is 8.11. The molecule has 1 fully saturated rings. The van der Waals surface area contributed by atoms with Crippen molar-refractivity contribution in [3.63, 3.8) is 0 Å². The first-order valence-corrected chi connectivity index (χ1v) is 18.0. The fraction of sp³-hybridized carbons (Fsp3) is 0.432. The second kappa shape index (κ2) is 23.0. The molecule has 2 aromatic carbocycles. The quantitative estimate of drug-likeness (QED) is 0.133. The van der Waals surface area contributed by atoms with E-state index < -0.39 is 23.9 Å². The number of benzene rings is 2. The lowest BCUT2D eigenvalue weighted by molar-refractivity contribution is -0.129. The van der Waals surface area contributed by atoms with Gasteiger partial charge < -0.3 is 26.7 Å². The Morgan fingerprint density at radius 3 is 2.18 bits per heavy atom. The van der Waals surface area contributed by atoms with E-state index in [1.807, 2.05) is 88.5 Å². The molecule has 49 heavy (non-hydrogen) atoms. The Morgan fingerprint density at radius 1 is 0.898 bits per heavy atom. The van der Waals surface area contributed by atoms with E-state index in [0.717, 1.165) is 28.7 Å². The lowest BCUT2D eigenvalue weighted by Crippen LogP contribution is -2.51. The molecule has 0 aliphatic carbocycles. The van der Waals surface area contributed by atoms with Crippen LogP contribution in [0.2, 0.25) is 0 Å². The number of carbonyl (C=O) groups excluding carboxylic acids is 4. The topological polar surface area (TPSA) is 162 Å². The zero-order valence-corrected chi connectivity index (χ0v) is 30.3. The van der Waals surface area contributed by atoms with E-state index in [-0.39, 0.29) is 31.1 Å². The van der Waals surface area contributed by atoms with E-state index >= 15 is 0 Å². The molecular weight excluding hydrogens is 639 g/mol. The third kappa shape index (κ3) is 13.9. The van der Waals surface area contributed by atoms with Crippen LogP contribution in [0.3, 0.4) is 0 Å². The zero-order chi connectivity index (χ0) is 36.0. The molecule has 1 aliphatic heterocycles. The minimum atomic E-state index is -0.870. The number of Topliss-reactive ketones (excluding diaryl/α,β-unsaturated/α-hetero) is 1. The number of nitrogens with zero attached hydrogens (tertiary/aromatic N) is 2. The van der Waals surface area contributed by atoms with Crippen LogP contribution in [-0.2, 0) is 27.2 Å². The number of amides is 3. The third-order valence-corrected chi connectivity index (χ3v) is 8.29. The van der Waals surface area contributed by atoms with Crippen molar-refractivity contribution < 1.29 is 19.2 Å². The van der Waals surface area contributed by atoms with Crippen molar-refractivity contribution in [3.05, 3.63) is 88.5 Å². The van der Waals surface area contributed by atoms with Crippen molar-refractivity contribution in [2.75, 3.05) is 26.3 Å². The molecule has 5 rings (SSSR count). The molecule has 11 nitrogen and oxygen atoms in total. The minimum absolute atomic E-state index is 0.255. The van der Waals surface area contributed by atoms with Gasteiger partial charge in [-0.3, -0.25) is 24.1 Å². The summed E-state index contributed by atoms with van der Waals surface area (Å²) >= 11 is 1.20. The highest BCUT2D eigenvalue weighted by atomic mass is 32.1. The number of hydrogen-bond donors (Lipinski definition) is 5. The molecule has 266 valence electrons. The maximum atomic E-state index is 13.2. The van der Waals surface area contributed by atoms with Crippen molar-refractivity contribution in [2.45, 2.75) is 78.8 Å². The Morgan fingerprint density at radius 2 is 1.57 bits per heavy atom. The van der Waals surface area contributed by atoms with Gasteiger partial charge in [0.05, 0.1) is 12.6 Å². The number of nitrogens with one attached hydrogen (secondary N) is 4. The van der Waals surface area contributed by atoms with Gasteiger partial charge in [0.15, 0.2) is 5.01 Å². The maximum Gasteiger partial charge on any atom is 0.243 e. The van der Waals surface area contributed by atoms with E-state index in [9.17, 15) is 19.2 Å². The number of aromatic nitrogens is 2. The van der Waals surface area contributed by atoms with Crippen LogP contribution in [0, 0.1) is 0 Å². The van der Waals surface area contributed by atoms with Gasteiger partial charge in [-0.05, 0) is 43.1 Å². The Bertz CT molecular complexity index is 1540. The second-order valence-corrected chi connectivity index (χ2v) is 11.8. The van der Waals surface area contributed by atoms with Crippen molar-refractivity contribution >= 4 is 45.7 Å². The van der Waals surface area contributed by atoms with Gasteiger partial charge in [-0.15, -0.1) is 11.3 Å². The third-order valence-electron chi connectivity index (χ3n) is 7.50. The average molecular weight is 692 g/mol. The number of rotatable bonds is 12. The number of fused-ring (bicyclic) bond motifs is 1. The zero-order valence-electron chi connectivity index (χ0n) is 29.5. The molecule has 6 N–H and O–H groups in total. The van der Waals surface area contributed by atoms with Gasteiger partial charge in [-0.1, -0.05) is 82.6 Å². The van der Waals surface area contributed by atoms with E-state index in [4.69, 9.17) is 5.73 Å². The first-order valence-electron chi connectivity index (χ1n) is 17.1. The van der Waals surface area contributed by atoms with Gasteiger partial charge in [0, 0.05) is 55.1 Å². The van der Waals surface area contributed by atoms with Gasteiger partial charge in [0.1, 0.15) is 6.04 Å². The number of para-hydroxylation sites is 1. The predicted molar refractivity (Wildman–Crippen MR) is 198 cm³/mol. The molecule has 0 saturated carbocycles. The summed E-state index contributed by atoms with van der Waals surface area (Å²) in [6, 6.07) is 15.3. The Balaban J connectivity index is 0.000000595. The molecule has 3 amide bonds. The average Bonchev–Trinajstić information content (AvgIpc) is 3.83. The molecule has 0 spiro atoms. The van der Waals surface area contributed by atoms with Crippen LogP contribution in [-0.4, -0.2) is 76.8 Å². The summed E-state index contributed by atoms with van der Waals surface area (Å²) in [6.07, 6.45) is 7.98. The predicted octanol–water partition coefficient (Wildman–Crippen LogP) is 4.84. The van der Waals surface area contributed by atoms with Gasteiger partial charge in [0.2, 0.25) is 23.5 Å². The van der Waals surface area contributed by atoms with Crippen LogP contribution in [0.4, 0.5) is 0 Å².